The highest BCUT2D eigenvalue weighted by atomic mass is 16.5. The Bertz CT molecular complexity index is 566. The summed E-state index contributed by atoms with van der Waals surface area (Å²) in [5.74, 6) is 1.53. The van der Waals surface area contributed by atoms with E-state index >= 15 is 0 Å². The Labute approximate surface area is 112 Å². The zero-order valence-corrected chi connectivity index (χ0v) is 10.8. The largest absolute Gasteiger partial charge is 0.399 e. The number of nitrogens with two attached hydrogens (primary N) is 1. The third kappa shape index (κ3) is 2.76. The van der Waals surface area contributed by atoms with Gasteiger partial charge < -0.3 is 15.8 Å². The molecule has 100 valence electrons. The first-order chi connectivity index (χ1) is 9.33. The van der Waals surface area contributed by atoms with Crippen LogP contribution in [-0.4, -0.2) is 29.7 Å². The second kappa shape index (κ2) is 5.40. The van der Waals surface area contributed by atoms with Gasteiger partial charge in [-0.2, -0.15) is 0 Å². The van der Waals surface area contributed by atoms with Gasteiger partial charge in [0, 0.05) is 30.8 Å². The average molecular weight is 258 g/mol. The van der Waals surface area contributed by atoms with E-state index in [1.54, 1.807) is 6.33 Å². The molecule has 1 fully saturated rings. The van der Waals surface area contributed by atoms with Crippen LogP contribution in [0.2, 0.25) is 0 Å². The molecule has 19 heavy (non-hydrogen) atoms. The number of anilines is 2. The van der Waals surface area contributed by atoms with Crippen molar-refractivity contribution >= 4 is 22.4 Å². The second-order valence-corrected chi connectivity index (χ2v) is 4.94. The van der Waals surface area contributed by atoms with Crippen molar-refractivity contribution < 1.29 is 4.74 Å². The van der Waals surface area contributed by atoms with Gasteiger partial charge in [-0.05, 0) is 37.0 Å². The fraction of sp³-hybridized carbons (Fsp3) is 0.429. The van der Waals surface area contributed by atoms with E-state index in [1.165, 1.54) is 6.42 Å². The Morgan fingerprint density at radius 1 is 1.37 bits per heavy atom. The van der Waals surface area contributed by atoms with E-state index in [9.17, 15) is 0 Å². The lowest BCUT2D eigenvalue weighted by atomic mass is 10.1. The van der Waals surface area contributed by atoms with Gasteiger partial charge >= 0.3 is 0 Å². The van der Waals surface area contributed by atoms with Crippen LogP contribution in [-0.2, 0) is 4.74 Å². The lowest BCUT2D eigenvalue weighted by Crippen LogP contribution is -2.10. The predicted octanol–water partition coefficient (Wildman–Crippen LogP) is 2.05. The first kappa shape index (κ1) is 12.2. The van der Waals surface area contributed by atoms with Gasteiger partial charge in [0.15, 0.2) is 0 Å². The van der Waals surface area contributed by atoms with Crippen molar-refractivity contribution in [2.45, 2.75) is 12.8 Å². The summed E-state index contributed by atoms with van der Waals surface area (Å²) in [6, 6.07) is 5.69. The lowest BCUT2D eigenvalue weighted by molar-refractivity contribution is 0.185. The summed E-state index contributed by atoms with van der Waals surface area (Å²) in [7, 11) is 0. The maximum absolute atomic E-state index is 5.82. The molecule has 1 atom stereocenters. The minimum atomic E-state index is 0.672. The fourth-order valence-electron chi connectivity index (χ4n) is 2.42. The van der Waals surface area contributed by atoms with Crippen LogP contribution < -0.4 is 11.1 Å². The molecule has 1 unspecified atom stereocenters. The molecule has 0 spiro atoms. The number of hydrogen-bond donors (Lipinski definition) is 2. The maximum atomic E-state index is 5.82. The van der Waals surface area contributed by atoms with Crippen molar-refractivity contribution in [3.63, 3.8) is 0 Å². The van der Waals surface area contributed by atoms with E-state index < -0.39 is 0 Å². The van der Waals surface area contributed by atoms with Gasteiger partial charge in [0.1, 0.15) is 12.1 Å². The van der Waals surface area contributed by atoms with E-state index in [0.29, 0.717) is 5.92 Å². The first-order valence-electron chi connectivity index (χ1n) is 6.65. The molecular weight excluding hydrogens is 240 g/mol. The number of nitrogen functional groups attached to an aromatic ring is 1. The highest BCUT2D eigenvalue weighted by Crippen LogP contribution is 2.22. The lowest BCUT2D eigenvalue weighted by Gasteiger charge is -2.11. The molecular formula is C14H18N4O. The fourth-order valence-corrected chi connectivity index (χ4v) is 2.42. The molecule has 1 aliphatic rings. The molecule has 3 N–H and O–H groups in total. The SMILES string of the molecule is Nc1ccc2ncnc(NCCC3CCOC3)c2c1. The second-order valence-electron chi connectivity index (χ2n) is 4.94. The minimum absolute atomic E-state index is 0.672. The first-order valence-corrected chi connectivity index (χ1v) is 6.65. The summed E-state index contributed by atoms with van der Waals surface area (Å²) in [6.07, 6.45) is 3.85. The van der Waals surface area contributed by atoms with Crippen molar-refractivity contribution in [2.24, 2.45) is 5.92 Å². The molecule has 1 aromatic carbocycles. The molecule has 1 saturated heterocycles. The minimum Gasteiger partial charge on any atom is -0.399 e. The molecule has 1 aliphatic heterocycles. The van der Waals surface area contributed by atoms with Crippen molar-refractivity contribution in [1.29, 1.82) is 0 Å². The summed E-state index contributed by atoms with van der Waals surface area (Å²) in [5, 5.41) is 4.36. The topological polar surface area (TPSA) is 73.1 Å². The van der Waals surface area contributed by atoms with Crippen LogP contribution in [0, 0.1) is 5.92 Å². The van der Waals surface area contributed by atoms with Crippen molar-refractivity contribution in [2.75, 3.05) is 30.8 Å². The number of aromatic nitrogens is 2. The molecule has 3 rings (SSSR count). The number of rotatable bonds is 4. The van der Waals surface area contributed by atoms with Gasteiger partial charge in [0.2, 0.25) is 0 Å². The standard InChI is InChI=1S/C14H18N4O/c15-11-1-2-13-12(7-11)14(18-9-17-13)16-5-3-10-4-6-19-8-10/h1-2,7,9-10H,3-6,8,15H2,(H,16,17,18). The predicted molar refractivity (Wildman–Crippen MR) is 76.0 cm³/mol. The van der Waals surface area contributed by atoms with E-state index in [2.05, 4.69) is 15.3 Å². The van der Waals surface area contributed by atoms with Crippen molar-refractivity contribution in [3.8, 4) is 0 Å². The number of benzene rings is 1. The zero-order valence-electron chi connectivity index (χ0n) is 10.8. The van der Waals surface area contributed by atoms with Crippen molar-refractivity contribution in [3.05, 3.63) is 24.5 Å². The Morgan fingerprint density at radius 2 is 2.32 bits per heavy atom. The average Bonchev–Trinajstić information content (AvgIpc) is 2.92. The molecule has 0 saturated carbocycles. The van der Waals surface area contributed by atoms with Crippen LogP contribution in [0.1, 0.15) is 12.8 Å². The van der Waals surface area contributed by atoms with E-state index in [1.807, 2.05) is 18.2 Å². The molecule has 2 aromatic rings. The molecule has 0 bridgehead atoms. The Hall–Kier alpha value is -1.88. The molecule has 2 heterocycles. The monoisotopic (exact) mass is 258 g/mol. The van der Waals surface area contributed by atoms with Crippen LogP contribution in [0.3, 0.4) is 0 Å². The summed E-state index contributed by atoms with van der Waals surface area (Å²) >= 11 is 0. The highest BCUT2D eigenvalue weighted by Gasteiger charge is 2.15. The van der Waals surface area contributed by atoms with Crippen LogP contribution in [0.15, 0.2) is 24.5 Å². The number of hydrogen-bond acceptors (Lipinski definition) is 5. The van der Waals surface area contributed by atoms with Crippen molar-refractivity contribution in [1.82, 2.24) is 9.97 Å². The zero-order chi connectivity index (χ0) is 13.1. The quantitative estimate of drug-likeness (QED) is 0.821. The molecule has 0 amide bonds. The molecule has 5 nitrogen and oxygen atoms in total. The normalized spacial score (nSPS) is 18.8. The van der Waals surface area contributed by atoms with Crippen LogP contribution >= 0.6 is 0 Å². The summed E-state index contributed by atoms with van der Waals surface area (Å²) in [5.41, 5.74) is 7.47. The van der Waals surface area contributed by atoms with Gasteiger partial charge in [-0.3, -0.25) is 0 Å². The van der Waals surface area contributed by atoms with Gasteiger partial charge in [-0.1, -0.05) is 0 Å². The van der Waals surface area contributed by atoms with Crippen LogP contribution in [0.25, 0.3) is 10.9 Å². The summed E-state index contributed by atoms with van der Waals surface area (Å²) < 4.78 is 5.38. The van der Waals surface area contributed by atoms with Gasteiger partial charge in [0.25, 0.3) is 0 Å². The number of ether oxygens (including phenoxy) is 1. The number of nitrogens with zero attached hydrogens (tertiary/aromatic N) is 2. The van der Waals surface area contributed by atoms with Crippen LogP contribution in [0.5, 0.6) is 0 Å². The van der Waals surface area contributed by atoms with E-state index in [-0.39, 0.29) is 0 Å². The molecule has 0 radical (unpaired) electrons. The third-order valence-electron chi connectivity index (χ3n) is 3.53. The van der Waals surface area contributed by atoms with Gasteiger partial charge in [-0.15, -0.1) is 0 Å². The van der Waals surface area contributed by atoms with Crippen LogP contribution in [0.4, 0.5) is 11.5 Å². The van der Waals surface area contributed by atoms with E-state index in [4.69, 9.17) is 10.5 Å². The Kier molecular flexibility index (Phi) is 3.46. The number of fused-ring (bicyclic) bond motifs is 1. The van der Waals surface area contributed by atoms with Gasteiger partial charge in [-0.25, -0.2) is 9.97 Å². The molecule has 0 aliphatic carbocycles. The maximum Gasteiger partial charge on any atom is 0.137 e. The van der Waals surface area contributed by atoms with E-state index in [0.717, 1.165) is 48.6 Å². The molecule has 1 aromatic heterocycles. The number of nitrogens with one attached hydrogen (secondary N) is 1. The third-order valence-corrected chi connectivity index (χ3v) is 3.53. The Balaban J connectivity index is 1.71. The molecule has 5 heteroatoms. The summed E-state index contributed by atoms with van der Waals surface area (Å²) in [6.45, 7) is 2.69. The highest BCUT2D eigenvalue weighted by molar-refractivity contribution is 5.91. The Morgan fingerprint density at radius 3 is 3.16 bits per heavy atom. The smallest absolute Gasteiger partial charge is 0.137 e. The van der Waals surface area contributed by atoms with Gasteiger partial charge in [0.05, 0.1) is 5.52 Å². The summed E-state index contributed by atoms with van der Waals surface area (Å²) in [4.78, 5) is 8.54.